The van der Waals surface area contributed by atoms with Crippen LogP contribution < -0.4 is 10.1 Å². The minimum Gasteiger partial charge on any atom is -0.496 e. The lowest BCUT2D eigenvalue weighted by Crippen LogP contribution is -2.32. The van der Waals surface area contributed by atoms with Crippen LogP contribution in [-0.2, 0) is 18.3 Å². The predicted molar refractivity (Wildman–Crippen MR) is 106 cm³/mol. The summed E-state index contributed by atoms with van der Waals surface area (Å²) in [6.07, 6.45) is 3.43. The van der Waals surface area contributed by atoms with Gasteiger partial charge in [-0.3, -0.25) is 9.59 Å². The molecule has 2 aromatic carbocycles. The molecule has 3 aromatic rings. The largest absolute Gasteiger partial charge is 0.496 e. The molecule has 1 N–H and O–H groups in total. The van der Waals surface area contributed by atoms with Crippen LogP contribution in [0.25, 0.3) is 0 Å². The summed E-state index contributed by atoms with van der Waals surface area (Å²) in [5.74, 6) is 0.423. The van der Waals surface area contributed by atoms with Gasteiger partial charge in [0, 0.05) is 30.6 Å². The number of rotatable bonds is 7. The maximum Gasteiger partial charge on any atom is 0.225 e. The van der Waals surface area contributed by atoms with Gasteiger partial charge in [-0.15, -0.1) is 0 Å². The molecule has 0 aliphatic carbocycles. The van der Waals surface area contributed by atoms with Gasteiger partial charge in [-0.05, 0) is 42.8 Å². The number of carbonyl (C=O) groups excluding carboxylic acids is 2. The Labute approximate surface area is 168 Å². The number of Topliss-reactive ketones (excluding diaryl/α,β-unsaturated/α-hetero) is 1. The van der Waals surface area contributed by atoms with Gasteiger partial charge >= 0.3 is 0 Å². The molecular formula is C22H22FN3O3. The van der Waals surface area contributed by atoms with Crippen LogP contribution in [0.4, 0.5) is 4.39 Å². The number of ether oxygens (including phenoxy) is 1. The van der Waals surface area contributed by atoms with Crippen LogP contribution in [0.3, 0.4) is 0 Å². The molecule has 6 nitrogen and oxygen atoms in total. The number of imidazole rings is 1. The van der Waals surface area contributed by atoms with Gasteiger partial charge in [-0.25, -0.2) is 9.37 Å². The lowest BCUT2D eigenvalue weighted by atomic mass is 10.0. The molecule has 1 aromatic heterocycles. The van der Waals surface area contributed by atoms with E-state index in [4.69, 9.17) is 4.74 Å². The molecule has 1 heterocycles. The molecule has 150 valence electrons. The van der Waals surface area contributed by atoms with E-state index in [1.807, 2.05) is 7.05 Å². The second-order valence-corrected chi connectivity index (χ2v) is 6.71. The summed E-state index contributed by atoms with van der Waals surface area (Å²) in [4.78, 5) is 28.9. The Morgan fingerprint density at radius 1 is 1.21 bits per heavy atom. The summed E-state index contributed by atoms with van der Waals surface area (Å²) in [5.41, 5.74) is 1.82. The van der Waals surface area contributed by atoms with Crippen LogP contribution in [0.5, 0.6) is 5.75 Å². The van der Waals surface area contributed by atoms with E-state index in [9.17, 15) is 14.0 Å². The van der Waals surface area contributed by atoms with E-state index in [2.05, 4.69) is 10.3 Å². The maximum atomic E-state index is 13.4. The number of aryl methyl sites for hydroxylation is 1. The van der Waals surface area contributed by atoms with Gasteiger partial charge in [0.15, 0.2) is 5.78 Å². The fourth-order valence-electron chi connectivity index (χ4n) is 3.13. The number of benzene rings is 2. The Hall–Kier alpha value is -3.48. The van der Waals surface area contributed by atoms with Crippen LogP contribution in [0.2, 0.25) is 0 Å². The smallest absolute Gasteiger partial charge is 0.225 e. The molecule has 0 fully saturated rings. The first-order valence-electron chi connectivity index (χ1n) is 9.09. The van der Waals surface area contributed by atoms with E-state index in [1.165, 1.54) is 26.2 Å². The van der Waals surface area contributed by atoms with Gasteiger partial charge in [0.2, 0.25) is 5.91 Å². The average molecular weight is 395 g/mol. The highest BCUT2D eigenvalue weighted by molar-refractivity contribution is 5.94. The van der Waals surface area contributed by atoms with E-state index < -0.39 is 6.04 Å². The summed E-state index contributed by atoms with van der Waals surface area (Å²) >= 11 is 0. The number of aromatic nitrogens is 2. The van der Waals surface area contributed by atoms with Crippen molar-refractivity contribution in [1.82, 2.24) is 14.9 Å². The number of hydrogen-bond donors (Lipinski definition) is 1. The van der Waals surface area contributed by atoms with Gasteiger partial charge in [-0.2, -0.15) is 0 Å². The van der Waals surface area contributed by atoms with Crippen LogP contribution >= 0.6 is 0 Å². The number of nitrogens with zero attached hydrogens (tertiary/aromatic N) is 2. The van der Waals surface area contributed by atoms with Crippen molar-refractivity contribution in [2.24, 2.45) is 7.05 Å². The molecule has 0 spiro atoms. The zero-order valence-corrected chi connectivity index (χ0v) is 16.5. The number of ketones is 1. The summed E-state index contributed by atoms with van der Waals surface area (Å²) in [6.45, 7) is 1.47. The molecule has 3 rings (SSSR count). The quantitative estimate of drug-likeness (QED) is 0.624. The molecule has 0 saturated heterocycles. The third kappa shape index (κ3) is 4.68. The monoisotopic (exact) mass is 395 g/mol. The van der Waals surface area contributed by atoms with Crippen LogP contribution in [0, 0.1) is 5.82 Å². The normalized spacial score (nSPS) is 11.7. The predicted octanol–water partition coefficient (Wildman–Crippen LogP) is 3.22. The number of hydrogen-bond acceptors (Lipinski definition) is 4. The lowest BCUT2D eigenvalue weighted by Gasteiger charge is -2.20. The second-order valence-electron chi connectivity index (χ2n) is 6.71. The first kappa shape index (κ1) is 20.3. The van der Waals surface area contributed by atoms with E-state index in [1.54, 1.807) is 47.3 Å². The Bertz CT molecular complexity index is 1030. The molecule has 0 unspecified atom stereocenters. The first-order valence-corrected chi connectivity index (χ1v) is 9.09. The number of methoxy groups -OCH3 is 1. The van der Waals surface area contributed by atoms with Crippen molar-refractivity contribution < 1.29 is 18.7 Å². The van der Waals surface area contributed by atoms with Crippen molar-refractivity contribution in [3.8, 4) is 5.75 Å². The standard InChI is InChI=1S/C22H22FN3O3/c1-14(27)16-6-9-19(29-3)17(12-16)13-20(28)25-21(22-24-10-11-26(22)2)15-4-7-18(23)8-5-15/h4-12,21H,13H2,1-3H3,(H,25,28)/t21-/m0/s1. The Kier molecular flexibility index (Phi) is 6.07. The van der Waals surface area contributed by atoms with E-state index in [0.717, 1.165) is 0 Å². The van der Waals surface area contributed by atoms with Crippen molar-refractivity contribution >= 4 is 11.7 Å². The lowest BCUT2D eigenvalue weighted by molar-refractivity contribution is -0.121. The molecular weight excluding hydrogens is 373 g/mol. The van der Waals surface area contributed by atoms with Crippen LogP contribution in [-0.4, -0.2) is 28.4 Å². The minimum atomic E-state index is -0.551. The summed E-state index contributed by atoms with van der Waals surface area (Å²) < 4.78 is 20.5. The van der Waals surface area contributed by atoms with Gasteiger partial charge < -0.3 is 14.6 Å². The Morgan fingerprint density at radius 2 is 1.93 bits per heavy atom. The van der Waals surface area contributed by atoms with Crippen LogP contribution in [0.1, 0.15) is 40.3 Å². The molecule has 0 aliphatic rings. The van der Waals surface area contributed by atoms with Crippen LogP contribution in [0.15, 0.2) is 54.9 Å². The van der Waals surface area contributed by atoms with Crippen molar-refractivity contribution in [1.29, 1.82) is 0 Å². The van der Waals surface area contributed by atoms with Gasteiger partial charge in [0.05, 0.1) is 13.5 Å². The highest BCUT2D eigenvalue weighted by Crippen LogP contribution is 2.23. The number of nitrogens with one attached hydrogen (secondary N) is 1. The third-order valence-corrected chi connectivity index (χ3v) is 4.66. The van der Waals surface area contributed by atoms with E-state index >= 15 is 0 Å². The Balaban J connectivity index is 1.88. The van der Waals surface area contributed by atoms with Gasteiger partial charge in [-0.1, -0.05) is 12.1 Å². The molecule has 1 amide bonds. The molecule has 0 bridgehead atoms. The van der Waals surface area contributed by atoms with Crippen molar-refractivity contribution in [2.75, 3.05) is 7.11 Å². The van der Waals surface area contributed by atoms with Gasteiger partial charge in [0.1, 0.15) is 23.4 Å². The fraction of sp³-hybridized carbons (Fsp3) is 0.227. The molecule has 1 atom stereocenters. The van der Waals surface area contributed by atoms with Crippen molar-refractivity contribution in [2.45, 2.75) is 19.4 Å². The van der Waals surface area contributed by atoms with Gasteiger partial charge in [0.25, 0.3) is 0 Å². The molecule has 7 heteroatoms. The van der Waals surface area contributed by atoms with E-state index in [-0.39, 0.29) is 23.9 Å². The summed E-state index contributed by atoms with van der Waals surface area (Å²) in [6, 6.07) is 10.4. The Morgan fingerprint density at radius 3 is 2.52 bits per heavy atom. The fourth-order valence-corrected chi connectivity index (χ4v) is 3.13. The molecule has 0 aliphatic heterocycles. The molecule has 29 heavy (non-hydrogen) atoms. The number of carbonyl (C=O) groups is 2. The topological polar surface area (TPSA) is 73.2 Å². The second kappa shape index (κ2) is 8.68. The number of halogens is 1. The maximum absolute atomic E-state index is 13.4. The minimum absolute atomic E-state index is 0.0202. The van der Waals surface area contributed by atoms with Crippen molar-refractivity contribution in [3.63, 3.8) is 0 Å². The highest BCUT2D eigenvalue weighted by Gasteiger charge is 2.22. The third-order valence-electron chi connectivity index (χ3n) is 4.66. The average Bonchev–Trinajstić information content (AvgIpc) is 3.12. The zero-order valence-electron chi connectivity index (χ0n) is 16.5. The number of amides is 1. The molecule has 0 radical (unpaired) electrons. The summed E-state index contributed by atoms with van der Waals surface area (Å²) in [7, 11) is 3.34. The zero-order chi connectivity index (χ0) is 21.0. The SMILES string of the molecule is COc1ccc(C(C)=O)cc1CC(=O)N[C@@H](c1ccc(F)cc1)c1nccn1C. The first-order chi connectivity index (χ1) is 13.9. The summed E-state index contributed by atoms with van der Waals surface area (Å²) in [5, 5.41) is 2.96. The van der Waals surface area contributed by atoms with E-state index in [0.29, 0.717) is 28.3 Å². The molecule has 0 saturated carbocycles. The van der Waals surface area contributed by atoms with Crippen molar-refractivity contribution in [3.05, 3.63) is 83.2 Å². The highest BCUT2D eigenvalue weighted by atomic mass is 19.1.